The third-order valence-electron chi connectivity index (χ3n) is 2.49. The minimum absolute atomic E-state index is 0.0582. The SMILES string of the molecule is CN(Cc1cc(C#N)ccc1F)C(=O)C(F)(F)C(F)F. The zero-order chi connectivity index (χ0) is 15.5. The van der Waals surface area contributed by atoms with Crippen LogP contribution in [0.15, 0.2) is 18.2 Å². The van der Waals surface area contributed by atoms with Crippen LogP contribution in [0.1, 0.15) is 11.1 Å². The summed E-state index contributed by atoms with van der Waals surface area (Å²) in [4.78, 5) is 11.5. The van der Waals surface area contributed by atoms with Gasteiger partial charge in [-0.25, -0.2) is 13.2 Å². The molecule has 1 amide bonds. The Bertz CT molecular complexity index is 553. The van der Waals surface area contributed by atoms with Crippen molar-refractivity contribution in [1.29, 1.82) is 5.26 Å². The first-order valence-corrected chi connectivity index (χ1v) is 5.30. The van der Waals surface area contributed by atoms with Crippen LogP contribution in [0.3, 0.4) is 0 Å². The van der Waals surface area contributed by atoms with Gasteiger partial charge in [0.25, 0.3) is 5.91 Å². The molecule has 1 aromatic rings. The summed E-state index contributed by atoms with van der Waals surface area (Å²) in [6.07, 6.45) is -4.15. The first kappa shape index (κ1) is 15.9. The predicted octanol–water partition coefficient (Wildman–Crippen LogP) is 2.56. The zero-order valence-electron chi connectivity index (χ0n) is 10.2. The Morgan fingerprint density at radius 1 is 1.45 bits per heavy atom. The molecule has 0 atom stereocenters. The highest BCUT2D eigenvalue weighted by Crippen LogP contribution is 2.26. The Balaban J connectivity index is 2.94. The van der Waals surface area contributed by atoms with Crippen LogP contribution in [-0.4, -0.2) is 30.2 Å². The van der Waals surface area contributed by atoms with Crippen LogP contribution in [0, 0.1) is 17.1 Å². The second-order valence-electron chi connectivity index (χ2n) is 4.00. The van der Waals surface area contributed by atoms with Crippen LogP contribution in [0.4, 0.5) is 22.0 Å². The smallest absolute Gasteiger partial charge is 0.336 e. The van der Waals surface area contributed by atoms with E-state index in [1.807, 2.05) is 0 Å². The molecule has 0 aliphatic carbocycles. The molecule has 0 saturated heterocycles. The van der Waals surface area contributed by atoms with Gasteiger partial charge in [0.2, 0.25) is 0 Å². The normalized spacial score (nSPS) is 11.3. The van der Waals surface area contributed by atoms with Gasteiger partial charge in [-0.15, -0.1) is 0 Å². The quantitative estimate of drug-likeness (QED) is 0.800. The average Bonchev–Trinajstić information content (AvgIpc) is 2.39. The summed E-state index contributed by atoms with van der Waals surface area (Å²) in [6, 6.07) is 4.85. The van der Waals surface area contributed by atoms with E-state index in [1.165, 1.54) is 0 Å². The van der Waals surface area contributed by atoms with Crippen LogP contribution in [0.5, 0.6) is 0 Å². The number of halogens is 5. The van der Waals surface area contributed by atoms with E-state index in [9.17, 15) is 26.7 Å². The number of nitriles is 1. The van der Waals surface area contributed by atoms with Crippen molar-refractivity contribution in [2.24, 2.45) is 0 Å². The van der Waals surface area contributed by atoms with Crippen molar-refractivity contribution in [2.45, 2.75) is 18.9 Å². The summed E-state index contributed by atoms with van der Waals surface area (Å²) < 4.78 is 63.2. The largest absolute Gasteiger partial charge is 0.383 e. The maximum atomic E-state index is 13.4. The molecule has 0 saturated carbocycles. The minimum atomic E-state index is -4.84. The fraction of sp³-hybridized carbons (Fsp3) is 0.333. The lowest BCUT2D eigenvalue weighted by Gasteiger charge is -2.23. The fourth-order valence-electron chi connectivity index (χ4n) is 1.44. The molecule has 1 aromatic carbocycles. The van der Waals surface area contributed by atoms with E-state index in [1.54, 1.807) is 6.07 Å². The number of benzene rings is 1. The summed E-state index contributed by atoms with van der Waals surface area (Å²) in [7, 11) is 0.844. The highest BCUT2D eigenvalue weighted by atomic mass is 19.3. The van der Waals surface area contributed by atoms with E-state index < -0.39 is 30.6 Å². The highest BCUT2D eigenvalue weighted by Gasteiger charge is 2.50. The minimum Gasteiger partial charge on any atom is -0.336 e. The number of nitrogens with zero attached hydrogens (tertiary/aromatic N) is 2. The van der Waals surface area contributed by atoms with E-state index in [0.717, 1.165) is 25.2 Å². The molecular formula is C12H9F5N2O. The molecule has 0 bridgehead atoms. The van der Waals surface area contributed by atoms with E-state index in [0.29, 0.717) is 0 Å². The number of amides is 1. The molecule has 0 aliphatic heterocycles. The molecule has 3 nitrogen and oxygen atoms in total. The number of carbonyl (C=O) groups excluding carboxylic acids is 1. The van der Waals surface area contributed by atoms with E-state index >= 15 is 0 Å². The first-order valence-electron chi connectivity index (χ1n) is 5.30. The van der Waals surface area contributed by atoms with Gasteiger partial charge in [-0.1, -0.05) is 0 Å². The van der Waals surface area contributed by atoms with Crippen molar-refractivity contribution in [3.63, 3.8) is 0 Å². The Morgan fingerprint density at radius 2 is 2.05 bits per heavy atom. The lowest BCUT2D eigenvalue weighted by molar-refractivity contribution is -0.179. The van der Waals surface area contributed by atoms with Crippen molar-refractivity contribution in [3.05, 3.63) is 35.1 Å². The Kier molecular flexibility index (Phi) is 4.65. The molecule has 0 aromatic heterocycles. The van der Waals surface area contributed by atoms with Gasteiger partial charge >= 0.3 is 12.3 Å². The lowest BCUT2D eigenvalue weighted by atomic mass is 10.1. The highest BCUT2D eigenvalue weighted by molar-refractivity contribution is 5.83. The Morgan fingerprint density at radius 3 is 2.55 bits per heavy atom. The Hall–Kier alpha value is -2.17. The lowest BCUT2D eigenvalue weighted by Crippen LogP contribution is -2.45. The molecule has 8 heteroatoms. The third-order valence-corrected chi connectivity index (χ3v) is 2.49. The number of hydrogen-bond acceptors (Lipinski definition) is 2. The molecule has 0 unspecified atom stereocenters. The van der Waals surface area contributed by atoms with E-state index in [4.69, 9.17) is 5.26 Å². The van der Waals surface area contributed by atoms with Gasteiger partial charge in [-0.2, -0.15) is 14.0 Å². The van der Waals surface area contributed by atoms with Crippen LogP contribution < -0.4 is 0 Å². The third kappa shape index (κ3) is 3.23. The van der Waals surface area contributed by atoms with E-state index in [2.05, 4.69) is 0 Å². The maximum absolute atomic E-state index is 13.4. The van der Waals surface area contributed by atoms with Crippen molar-refractivity contribution < 1.29 is 26.7 Å². The number of rotatable bonds is 4. The Labute approximate surface area is 111 Å². The van der Waals surface area contributed by atoms with Crippen molar-refractivity contribution >= 4 is 5.91 Å². The van der Waals surface area contributed by atoms with Crippen LogP contribution in [-0.2, 0) is 11.3 Å². The van der Waals surface area contributed by atoms with Gasteiger partial charge in [-0.3, -0.25) is 4.79 Å². The van der Waals surface area contributed by atoms with E-state index in [-0.39, 0.29) is 16.0 Å². The van der Waals surface area contributed by atoms with Gasteiger partial charge in [-0.05, 0) is 18.2 Å². The van der Waals surface area contributed by atoms with Crippen molar-refractivity contribution in [1.82, 2.24) is 4.90 Å². The molecule has 0 aliphatic rings. The van der Waals surface area contributed by atoms with Gasteiger partial charge in [0.1, 0.15) is 5.82 Å². The molecule has 20 heavy (non-hydrogen) atoms. The molecule has 108 valence electrons. The second-order valence-corrected chi connectivity index (χ2v) is 4.00. The molecule has 0 radical (unpaired) electrons. The standard InChI is InChI=1S/C12H9F5N2O/c1-19(11(20)12(16,17)10(14)15)6-8-4-7(5-18)2-3-9(8)13/h2-4,10H,6H2,1H3. The predicted molar refractivity (Wildman–Crippen MR) is 58.5 cm³/mol. The monoisotopic (exact) mass is 292 g/mol. The molecular weight excluding hydrogens is 283 g/mol. The van der Waals surface area contributed by atoms with Gasteiger partial charge in [0.05, 0.1) is 11.6 Å². The van der Waals surface area contributed by atoms with Crippen LogP contribution in [0.2, 0.25) is 0 Å². The summed E-state index contributed by atoms with van der Waals surface area (Å²) in [5.41, 5.74) is -0.159. The summed E-state index contributed by atoms with van der Waals surface area (Å²) in [6.45, 7) is -0.650. The fourth-order valence-corrected chi connectivity index (χ4v) is 1.44. The topological polar surface area (TPSA) is 44.1 Å². The van der Waals surface area contributed by atoms with Crippen LogP contribution in [0.25, 0.3) is 0 Å². The van der Waals surface area contributed by atoms with Crippen LogP contribution >= 0.6 is 0 Å². The van der Waals surface area contributed by atoms with Crippen molar-refractivity contribution in [3.8, 4) is 6.07 Å². The molecule has 0 spiro atoms. The van der Waals surface area contributed by atoms with Gasteiger partial charge < -0.3 is 4.90 Å². The molecule has 1 rings (SSSR count). The van der Waals surface area contributed by atoms with Crippen molar-refractivity contribution in [2.75, 3.05) is 7.05 Å². The van der Waals surface area contributed by atoms with Gasteiger partial charge in [0.15, 0.2) is 0 Å². The second kappa shape index (κ2) is 5.86. The first-order chi connectivity index (χ1) is 9.20. The molecule has 0 N–H and O–H groups in total. The summed E-state index contributed by atoms with van der Waals surface area (Å²) >= 11 is 0. The summed E-state index contributed by atoms with van der Waals surface area (Å²) in [5, 5.41) is 8.63. The zero-order valence-corrected chi connectivity index (χ0v) is 10.2. The summed E-state index contributed by atoms with van der Waals surface area (Å²) in [5.74, 6) is -7.78. The number of carbonyl (C=O) groups is 1. The average molecular weight is 292 g/mol. The van der Waals surface area contributed by atoms with Gasteiger partial charge in [0, 0.05) is 19.2 Å². The number of alkyl halides is 4. The maximum Gasteiger partial charge on any atom is 0.383 e. The number of hydrogen-bond donors (Lipinski definition) is 0. The molecule has 0 heterocycles. The molecule has 0 fully saturated rings.